The number of nitrogens with zero attached hydrogens (tertiary/aromatic N) is 1. The summed E-state index contributed by atoms with van der Waals surface area (Å²) < 4.78 is 11.1. The molecule has 3 fully saturated rings. The second-order valence-electron chi connectivity index (χ2n) is 7.38. The number of rotatable bonds is 4. The third kappa shape index (κ3) is 2.50. The maximum atomic E-state index is 13.0. The van der Waals surface area contributed by atoms with Gasteiger partial charge in [-0.2, -0.15) is 0 Å². The number of amides is 1. The van der Waals surface area contributed by atoms with E-state index < -0.39 is 0 Å². The molecule has 3 aliphatic rings. The van der Waals surface area contributed by atoms with Crippen LogP contribution in [0.15, 0.2) is 0 Å². The lowest BCUT2D eigenvalue weighted by atomic mass is 9.67. The van der Waals surface area contributed by atoms with Crippen LogP contribution in [-0.4, -0.2) is 50.8 Å². The normalized spacial score (nSPS) is 35.0. The number of carbonyl (C=O) groups is 1. The van der Waals surface area contributed by atoms with E-state index in [0.717, 1.165) is 45.2 Å². The minimum Gasteiger partial charge on any atom is -0.384 e. The van der Waals surface area contributed by atoms with E-state index in [-0.39, 0.29) is 10.8 Å². The van der Waals surface area contributed by atoms with Gasteiger partial charge < -0.3 is 14.4 Å². The predicted molar refractivity (Wildman–Crippen MR) is 81.1 cm³/mol. The maximum absolute atomic E-state index is 13.0. The number of hydrogen-bond donors (Lipinski definition) is 0. The molecule has 2 atom stereocenters. The van der Waals surface area contributed by atoms with Crippen molar-refractivity contribution in [3.8, 4) is 0 Å². The third-order valence-corrected chi connectivity index (χ3v) is 6.19. The quantitative estimate of drug-likeness (QED) is 0.800. The smallest absolute Gasteiger partial charge is 0.231 e. The van der Waals surface area contributed by atoms with Crippen molar-refractivity contribution in [1.29, 1.82) is 0 Å². The summed E-state index contributed by atoms with van der Waals surface area (Å²) in [4.78, 5) is 15.2. The molecule has 4 heteroatoms. The fraction of sp³-hybridized carbons (Fsp3) is 0.941. The summed E-state index contributed by atoms with van der Waals surface area (Å²) in [5.74, 6) is 0.344. The minimum atomic E-state index is -0.214. The summed E-state index contributed by atoms with van der Waals surface area (Å²) in [5, 5.41) is 0. The van der Waals surface area contributed by atoms with Crippen LogP contribution in [0.2, 0.25) is 0 Å². The zero-order chi connectivity index (χ0) is 14.9. The SMILES string of the molecule is COCC1(C(=O)N2CCC[C@]3(CCC[C@H]3OC)C2)CCC1. The van der Waals surface area contributed by atoms with Crippen molar-refractivity contribution in [3.05, 3.63) is 0 Å². The Kier molecular flexibility index (Phi) is 4.28. The van der Waals surface area contributed by atoms with E-state index in [0.29, 0.717) is 18.6 Å². The lowest BCUT2D eigenvalue weighted by molar-refractivity contribution is -0.158. The Bertz CT molecular complexity index is 393. The molecule has 0 aromatic heterocycles. The molecule has 0 N–H and O–H groups in total. The molecular formula is C17H29NO3. The molecule has 0 unspecified atom stereocenters. The van der Waals surface area contributed by atoms with Gasteiger partial charge in [-0.1, -0.05) is 12.8 Å². The molecular weight excluding hydrogens is 266 g/mol. The molecule has 0 aromatic carbocycles. The third-order valence-electron chi connectivity index (χ3n) is 6.19. The first-order valence-corrected chi connectivity index (χ1v) is 8.47. The first-order chi connectivity index (χ1) is 10.2. The molecule has 2 saturated carbocycles. The minimum absolute atomic E-state index is 0.214. The Hall–Kier alpha value is -0.610. The molecule has 0 bridgehead atoms. The Morgan fingerprint density at radius 1 is 1.14 bits per heavy atom. The standard InChI is InChI=1S/C17H29NO3/c1-20-13-17(8-4-9-17)15(19)18-11-5-10-16(12-18)7-3-6-14(16)21-2/h14H,3-13H2,1-2H3/t14-,16-/m1/s1. The van der Waals surface area contributed by atoms with E-state index in [1.807, 2.05) is 7.11 Å². The van der Waals surface area contributed by atoms with Crippen LogP contribution < -0.4 is 0 Å². The van der Waals surface area contributed by atoms with E-state index in [4.69, 9.17) is 9.47 Å². The topological polar surface area (TPSA) is 38.8 Å². The van der Waals surface area contributed by atoms with Gasteiger partial charge in [-0.25, -0.2) is 0 Å². The number of ether oxygens (including phenoxy) is 2. The Morgan fingerprint density at radius 2 is 1.90 bits per heavy atom. The summed E-state index contributed by atoms with van der Waals surface area (Å²) in [6.07, 6.45) is 9.44. The summed E-state index contributed by atoms with van der Waals surface area (Å²) in [7, 11) is 3.54. The second kappa shape index (κ2) is 5.88. The zero-order valence-electron chi connectivity index (χ0n) is 13.5. The van der Waals surface area contributed by atoms with Crippen molar-refractivity contribution in [1.82, 2.24) is 4.90 Å². The molecule has 1 amide bonds. The molecule has 21 heavy (non-hydrogen) atoms. The fourth-order valence-corrected chi connectivity index (χ4v) is 4.91. The van der Waals surface area contributed by atoms with E-state index in [1.54, 1.807) is 7.11 Å². The van der Waals surface area contributed by atoms with Crippen molar-refractivity contribution < 1.29 is 14.3 Å². The molecule has 1 spiro atoms. The van der Waals surface area contributed by atoms with Crippen LogP contribution in [0.25, 0.3) is 0 Å². The van der Waals surface area contributed by atoms with Crippen molar-refractivity contribution in [2.24, 2.45) is 10.8 Å². The van der Waals surface area contributed by atoms with Gasteiger partial charge in [-0.05, 0) is 38.5 Å². The van der Waals surface area contributed by atoms with Gasteiger partial charge in [0, 0.05) is 32.7 Å². The largest absolute Gasteiger partial charge is 0.384 e. The van der Waals surface area contributed by atoms with Crippen LogP contribution in [0.4, 0.5) is 0 Å². The fourth-order valence-electron chi connectivity index (χ4n) is 4.91. The number of likely N-dealkylation sites (tertiary alicyclic amines) is 1. The molecule has 0 radical (unpaired) electrons. The molecule has 1 heterocycles. The molecule has 0 aromatic rings. The van der Waals surface area contributed by atoms with E-state index >= 15 is 0 Å². The highest BCUT2D eigenvalue weighted by Gasteiger charge is 2.51. The summed E-state index contributed by atoms with van der Waals surface area (Å²) in [6.45, 7) is 2.40. The number of methoxy groups -OCH3 is 2. The van der Waals surface area contributed by atoms with E-state index in [2.05, 4.69) is 4.90 Å². The molecule has 120 valence electrons. The van der Waals surface area contributed by atoms with Gasteiger partial charge in [-0.15, -0.1) is 0 Å². The Balaban J connectivity index is 1.72. The average molecular weight is 295 g/mol. The van der Waals surface area contributed by atoms with Crippen molar-refractivity contribution in [2.75, 3.05) is 33.9 Å². The number of hydrogen-bond acceptors (Lipinski definition) is 3. The second-order valence-corrected chi connectivity index (χ2v) is 7.38. The first-order valence-electron chi connectivity index (χ1n) is 8.47. The van der Waals surface area contributed by atoms with Crippen molar-refractivity contribution in [2.45, 2.75) is 57.5 Å². The van der Waals surface area contributed by atoms with Crippen molar-refractivity contribution in [3.63, 3.8) is 0 Å². The van der Waals surface area contributed by atoms with Gasteiger partial charge >= 0.3 is 0 Å². The van der Waals surface area contributed by atoms with Crippen LogP contribution >= 0.6 is 0 Å². The Labute approximate surface area is 128 Å². The lowest BCUT2D eigenvalue weighted by Gasteiger charge is -2.49. The maximum Gasteiger partial charge on any atom is 0.231 e. The highest BCUT2D eigenvalue weighted by Crippen LogP contribution is 2.49. The number of piperidine rings is 1. The highest BCUT2D eigenvalue weighted by molar-refractivity contribution is 5.84. The van der Waals surface area contributed by atoms with Gasteiger partial charge in [0.05, 0.1) is 18.1 Å². The Morgan fingerprint density at radius 3 is 2.52 bits per heavy atom. The van der Waals surface area contributed by atoms with Gasteiger partial charge in [0.25, 0.3) is 0 Å². The average Bonchev–Trinajstić information content (AvgIpc) is 2.84. The van der Waals surface area contributed by atoms with Crippen molar-refractivity contribution >= 4 is 5.91 Å². The monoisotopic (exact) mass is 295 g/mol. The molecule has 3 rings (SSSR count). The summed E-state index contributed by atoms with van der Waals surface area (Å²) in [5.41, 5.74) is 0.00905. The zero-order valence-corrected chi connectivity index (χ0v) is 13.5. The summed E-state index contributed by atoms with van der Waals surface area (Å²) in [6, 6.07) is 0. The summed E-state index contributed by atoms with van der Waals surface area (Å²) >= 11 is 0. The van der Waals surface area contributed by atoms with Gasteiger partial charge in [0.15, 0.2) is 0 Å². The van der Waals surface area contributed by atoms with Gasteiger partial charge in [-0.3, -0.25) is 4.79 Å². The van der Waals surface area contributed by atoms with Crippen LogP contribution in [0.5, 0.6) is 0 Å². The molecule has 4 nitrogen and oxygen atoms in total. The van der Waals surface area contributed by atoms with Crippen LogP contribution in [0, 0.1) is 10.8 Å². The number of carbonyl (C=O) groups excluding carboxylic acids is 1. The van der Waals surface area contributed by atoms with Gasteiger partial charge in [0.2, 0.25) is 5.91 Å². The molecule has 1 saturated heterocycles. The van der Waals surface area contributed by atoms with Crippen LogP contribution in [0.3, 0.4) is 0 Å². The highest BCUT2D eigenvalue weighted by atomic mass is 16.5. The predicted octanol–water partition coefficient (Wildman–Crippen LogP) is 2.61. The first kappa shape index (κ1) is 15.3. The van der Waals surface area contributed by atoms with Gasteiger partial charge in [0.1, 0.15) is 0 Å². The van der Waals surface area contributed by atoms with Crippen LogP contribution in [0.1, 0.15) is 51.4 Å². The van der Waals surface area contributed by atoms with E-state index in [9.17, 15) is 4.79 Å². The lowest BCUT2D eigenvalue weighted by Crippen LogP contribution is -2.56. The van der Waals surface area contributed by atoms with E-state index in [1.165, 1.54) is 19.3 Å². The molecule has 1 aliphatic heterocycles. The molecule has 2 aliphatic carbocycles. The van der Waals surface area contributed by atoms with Crippen LogP contribution in [-0.2, 0) is 14.3 Å².